The number of aliphatic hydroxyl groups is 2. The van der Waals surface area contributed by atoms with Crippen LogP contribution < -0.4 is 10.6 Å². The third kappa shape index (κ3) is 4.17. The summed E-state index contributed by atoms with van der Waals surface area (Å²) in [5.41, 5.74) is -1.14. The molecule has 1 aliphatic rings. The van der Waals surface area contributed by atoms with Gasteiger partial charge in [0.1, 0.15) is 11.5 Å². The Labute approximate surface area is 153 Å². The summed E-state index contributed by atoms with van der Waals surface area (Å²) < 4.78 is 56.7. The third-order valence-electron chi connectivity index (χ3n) is 4.64. The SMILES string of the molecule is Cc1ccc(Nc2c(F)c(F)cc(F)c2NC2(CC(O)CO)CC2)c(F)c1. The molecule has 0 amide bonds. The van der Waals surface area contributed by atoms with Crippen LogP contribution in [0.4, 0.5) is 34.6 Å². The van der Waals surface area contributed by atoms with Crippen molar-refractivity contribution in [3.05, 3.63) is 53.1 Å². The minimum Gasteiger partial charge on any atom is -0.394 e. The van der Waals surface area contributed by atoms with Gasteiger partial charge in [-0.05, 0) is 43.9 Å². The Morgan fingerprint density at radius 2 is 1.74 bits per heavy atom. The summed E-state index contributed by atoms with van der Waals surface area (Å²) in [7, 11) is 0. The average Bonchev–Trinajstić information content (AvgIpc) is 3.37. The Hall–Kier alpha value is -2.32. The van der Waals surface area contributed by atoms with E-state index >= 15 is 0 Å². The molecule has 0 radical (unpaired) electrons. The van der Waals surface area contributed by atoms with Gasteiger partial charge in [0.2, 0.25) is 0 Å². The van der Waals surface area contributed by atoms with Gasteiger partial charge in [0.05, 0.1) is 24.1 Å². The monoisotopic (exact) mass is 384 g/mol. The molecule has 4 nitrogen and oxygen atoms in total. The maximum Gasteiger partial charge on any atom is 0.184 e. The van der Waals surface area contributed by atoms with Crippen LogP contribution in [0.2, 0.25) is 0 Å². The molecular formula is C19H20F4N2O2. The molecule has 27 heavy (non-hydrogen) atoms. The van der Waals surface area contributed by atoms with Crippen molar-refractivity contribution in [3.8, 4) is 0 Å². The van der Waals surface area contributed by atoms with Crippen LogP contribution >= 0.6 is 0 Å². The lowest BCUT2D eigenvalue weighted by Crippen LogP contribution is -2.30. The van der Waals surface area contributed by atoms with Crippen molar-refractivity contribution in [3.63, 3.8) is 0 Å². The lowest BCUT2D eigenvalue weighted by atomic mass is 10.1. The second-order valence-corrected chi connectivity index (χ2v) is 6.96. The largest absolute Gasteiger partial charge is 0.394 e. The van der Waals surface area contributed by atoms with Gasteiger partial charge >= 0.3 is 0 Å². The van der Waals surface area contributed by atoms with Gasteiger partial charge in [0.15, 0.2) is 17.5 Å². The van der Waals surface area contributed by atoms with Crippen LogP contribution in [-0.4, -0.2) is 28.5 Å². The van der Waals surface area contributed by atoms with E-state index in [0.717, 1.165) is 0 Å². The molecule has 146 valence electrons. The van der Waals surface area contributed by atoms with Gasteiger partial charge in [-0.25, -0.2) is 17.6 Å². The smallest absolute Gasteiger partial charge is 0.184 e. The number of halogens is 4. The maximum absolute atomic E-state index is 14.4. The summed E-state index contributed by atoms with van der Waals surface area (Å²) in [5.74, 6) is -4.50. The van der Waals surface area contributed by atoms with Crippen LogP contribution in [0.5, 0.6) is 0 Å². The van der Waals surface area contributed by atoms with Crippen LogP contribution in [0.3, 0.4) is 0 Å². The summed E-state index contributed by atoms with van der Waals surface area (Å²) in [5, 5.41) is 23.9. The first-order chi connectivity index (χ1) is 12.7. The molecule has 1 unspecified atom stereocenters. The van der Waals surface area contributed by atoms with Crippen molar-refractivity contribution in [1.29, 1.82) is 0 Å². The Morgan fingerprint density at radius 3 is 2.33 bits per heavy atom. The van der Waals surface area contributed by atoms with E-state index in [9.17, 15) is 22.7 Å². The summed E-state index contributed by atoms with van der Waals surface area (Å²) in [6.07, 6.45) is 0.196. The van der Waals surface area contributed by atoms with E-state index in [1.807, 2.05) is 0 Å². The van der Waals surface area contributed by atoms with Crippen LogP contribution in [0, 0.1) is 30.2 Å². The number of aliphatic hydroxyl groups excluding tert-OH is 2. The first kappa shape index (κ1) is 19.4. The first-order valence-electron chi connectivity index (χ1n) is 8.52. The molecule has 0 saturated heterocycles. The van der Waals surface area contributed by atoms with Gasteiger partial charge < -0.3 is 20.8 Å². The Kier molecular flexibility index (Phi) is 5.30. The van der Waals surface area contributed by atoms with Crippen molar-refractivity contribution in [2.24, 2.45) is 0 Å². The zero-order valence-corrected chi connectivity index (χ0v) is 14.6. The summed E-state index contributed by atoms with van der Waals surface area (Å²) in [6, 6.07) is 4.54. The normalized spacial score (nSPS) is 16.1. The van der Waals surface area contributed by atoms with E-state index < -0.39 is 47.2 Å². The Balaban J connectivity index is 1.97. The van der Waals surface area contributed by atoms with Gasteiger partial charge in [-0.15, -0.1) is 0 Å². The van der Waals surface area contributed by atoms with E-state index in [1.54, 1.807) is 13.0 Å². The first-order valence-corrected chi connectivity index (χ1v) is 8.52. The minimum atomic E-state index is -1.41. The van der Waals surface area contributed by atoms with Gasteiger partial charge in [-0.3, -0.25) is 0 Å². The number of hydrogen-bond donors (Lipinski definition) is 4. The maximum atomic E-state index is 14.4. The van der Waals surface area contributed by atoms with Crippen molar-refractivity contribution < 1.29 is 27.8 Å². The molecule has 0 bridgehead atoms. The molecule has 0 aliphatic heterocycles. The Bertz CT molecular complexity index is 856. The molecule has 3 rings (SSSR count). The molecule has 2 aromatic rings. The second kappa shape index (κ2) is 7.36. The van der Waals surface area contributed by atoms with Crippen LogP contribution in [-0.2, 0) is 0 Å². The molecule has 1 fully saturated rings. The van der Waals surface area contributed by atoms with Crippen molar-refractivity contribution in [2.75, 3.05) is 17.2 Å². The molecule has 0 aromatic heterocycles. The van der Waals surface area contributed by atoms with E-state index in [2.05, 4.69) is 10.6 Å². The number of hydrogen-bond acceptors (Lipinski definition) is 4. The minimum absolute atomic E-state index is 0.111. The standard InChI is InChI=1S/C19H20F4N2O2/c1-10-2-3-15(12(20)6-10)24-18-16(23)13(21)7-14(22)17(18)25-19(4-5-19)8-11(27)9-26/h2-3,6-7,11,24-27H,4-5,8-9H2,1H3. The fourth-order valence-corrected chi connectivity index (χ4v) is 3.00. The molecule has 2 aromatic carbocycles. The number of nitrogens with one attached hydrogen (secondary N) is 2. The molecule has 1 atom stereocenters. The highest BCUT2D eigenvalue weighted by Gasteiger charge is 2.45. The zero-order chi connectivity index (χ0) is 19.8. The quantitative estimate of drug-likeness (QED) is 0.431. The lowest BCUT2D eigenvalue weighted by molar-refractivity contribution is 0.0821. The van der Waals surface area contributed by atoms with Crippen LogP contribution in [0.1, 0.15) is 24.8 Å². The highest BCUT2D eigenvalue weighted by atomic mass is 19.2. The van der Waals surface area contributed by atoms with Gasteiger partial charge in [0, 0.05) is 11.6 Å². The van der Waals surface area contributed by atoms with Crippen LogP contribution in [0.15, 0.2) is 24.3 Å². The molecule has 1 aliphatic carbocycles. The van der Waals surface area contributed by atoms with Gasteiger partial charge in [-0.2, -0.15) is 0 Å². The van der Waals surface area contributed by atoms with Crippen molar-refractivity contribution >= 4 is 17.1 Å². The van der Waals surface area contributed by atoms with Gasteiger partial charge in [0.25, 0.3) is 0 Å². The van der Waals surface area contributed by atoms with E-state index in [-0.39, 0.29) is 17.8 Å². The highest BCUT2D eigenvalue weighted by Crippen LogP contribution is 2.46. The fraction of sp³-hybridized carbons (Fsp3) is 0.368. The highest BCUT2D eigenvalue weighted by molar-refractivity contribution is 5.77. The summed E-state index contributed by atoms with van der Waals surface area (Å²) in [4.78, 5) is 0. The number of anilines is 3. The number of benzene rings is 2. The van der Waals surface area contributed by atoms with Crippen molar-refractivity contribution in [2.45, 2.75) is 37.8 Å². The topological polar surface area (TPSA) is 64.5 Å². The van der Waals surface area contributed by atoms with E-state index in [1.165, 1.54) is 12.1 Å². The predicted octanol–water partition coefficient (Wildman–Crippen LogP) is 3.98. The van der Waals surface area contributed by atoms with Gasteiger partial charge in [-0.1, -0.05) is 6.07 Å². The predicted molar refractivity (Wildman–Crippen MR) is 94.0 cm³/mol. The molecule has 0 spiro atoms. The lowest BCUT2D eigenvalue weighted by Gasteiger charge is -2.24. The molecule has 8 heteroatoms. The summed E-state index contributed by atoms with van der Waals surface area (Å²) in [6.45, 7) is 1.20. The molecule has 0 heterocycles. The van der Waals surface area contributed by atoms with E-state index in [4.69, 9.17) is 5.11 Å². The molecule has 4 N–H and O–H groups in total. The average molecular weight is 384 g/mol. The molecule has 1 saturated carbocycles. The molecular weight excluding hydrogens is 364 g/mol. The number of rotatable bonds is 7. The van der Waals surface area contributed by atoms with Crippen LogP contribution in [0.25, 0.3) is 0 Å². The Morgan fingerprint density at radius 1 is 1.04 bits per heavy atom. The fourth-order valence-electron chi connectivity index (χ4n) is 3.00. The zero-order valence-electron chi connectivity index (χ0n) is 14.6. The van der Waals surface area contributed by atoms with Crippen molar-refractivity contribution in [1.82, 2.24) is 0 Å². The third-order valence-corrected chi connectivity index (χ3v) is 4.64. The van der Waals surface area contributed by atoms with E-state index in [0.29, 0.717) is 24.5 Å². The number of aryl methyl sites for hydroxylation is 1. The summed E-state index contributed by atoms with van der Waals surface area (Å²) >= 11 is 0. The second-order valence-electron chi connectivity index (χ2n) is 6.96.